The van der Waals surface area contributed by atoms with E-state index in [9.17, 15) is 4.79 Å². The molecule has 0 bridgehead atoms. The predicted octanol–water partition coefficient (Wildman–Crippen LogP) is 2.61. The minimum atomic E-state index is -0.0221. The maximum atomic E-state index is 11.7. The predicted molar refractivity (Wildman–Crippen MR) is 101 cm³/mol. The van der Waals surface area contributed by atoms with Crippen LogP contribution in [0.3, 0.4) is 0 Å². The van der Waals surface area contributed by atoms with Gasteiger partial charge < -0.3 is 11.5 Å². The molecule has 2 heterocycles. The highest BCUT2D eigenvalue weighted by atomic mass is 16.1. The third-order valence-corrected chi connectivity index (χ3v) is 3.77. The SMILES string of the molecule is CC(=O)c1cccc(-c2nc(N)nc(C)c2C#Cc2ccc(N)nc2)c1. The first kappa shape index (κ1) is 17.1. The largest absolute Gasteiger partial charge is 0.384 e. The van der Waals surface area contributed by atoms with Gasteiger partial charge in [-0.3, -0.25) is 4.79 Å². The van der Waals surface area contributed by atoms with Gasteiger partial charge in [0, 0.05) is 22.9 Å². The van der Waals surface area contributed by atoms with E-state index in [0.29, 0.717) is 28.3 Å². The summed E-state index contributed by atoms with van der Waals surface area (Å²) in [6.45, 7) is 3.34. The van der Waals surface area contributed by atoms with Gasteiger partial charge in [-0.05, 0) is 32.0 Å². The molecular formula is C20H17N5O. The number of carbonyl (C=O) groups is 1. The Balaban J connectivity index is 2.13. The number of ketones is 1. The van der Waals surface area contributed by atoms with Gasteiger partial charge in [0.25, 0.3) is 0 Å². The molecule has 0 aliphatic heterocycles. The van der Waals surface area contributed by atoms with E-state index in [4.69, 9.17) is 11.5 Å². The molecule has 3 aromatic rings. The number of carbonyl (C=O) groups excluding carboxylic acids is 1. The Labute approximate surface area is 151 Å². The molecule has 3 rings (SSSR count). The van der Waals surface area contributed by atoms with E-state index in [2.05, 4.69) is 26.8 Å². The van der Waals surface area contributed by atoms with E-state index in [0.717, 1.165) is 11.1 Å². The van der Waals surface area contributed by atoms with Gasteiger partial charge in [-0.15, -0.1) is 0 Å². The topological polar surface area (TPSA) is 108 Å². The highest BCUT2D eigenvalue weighted by Gasteiger charge is 2.12. The molecule has 0 unspecified atom stereocenters. The van der Waals surface area contributed by atoms with Crippen LogP contribution in [0.5, 0.6) is 0 Å². The highest BCUT2D eigenvalue weighted by molar-refractivity contribution is 5.95. The monoisotopic (exact) mass is 343 g/mol. The molecule has 6 heteroatoms. The number of aromatic nitrogens is 3. The molecule has 0 spiro atoms. The van der Waals surface area contributed by atoms with Gasteiger partial charge in [-0.25, -0.2) is 15.0 Å². The fourth-order valence-electron chi connectivity index (χ4n) is 2.45. The summed E-state index contributed by atoms with van der Waals surface area (Å²) in [7, 11) is 0. The molecule has 0 saturated carbocycles. The summed E-state index contributed by atoms with van der Waals surface area (Å²) >= 11 is 0. The highest BCUT2D eigenvalue weighted by Crippen LogP contribution is 2.25. The Bertz CT molecular complexity index is 1050. The first-order chi connectivity index (χ1) is 12.4. The number of benzene rings is 1. The second-order valence-corrected chi connectivity index (χ2v) is 5.75. The van der Waals surface area contributed by atoms with Gasteiger partial charge >= 0.3 is 0 Å². The summed E-state index contributed by atoms with van der Waals surface area (Å²) in [5.41, 5.74) is 15.4. The Morgan fingerprint density at radius 1 is 1.08 bits per heavy atom. The number of aryl methyl sites for hydroxylation is 1. The van der Waals surface area contributed by atoms with Gasteiger partial charge in [0.2, 0.25) is 5.95 Å². The molecule has 0 amide bonds. The van der Waals surface area contributed by atoms with Crippen molar-refractivity contribution in [3.8, 4) is 23.1 Å². The van der Waals surface area contributed by atoms with Crippen LogP contribution < -0.4 is 11.5 Å². The number of nitrogen functional groups attached to an aromatic ring is 2. The van der Waals surface area contributed by atoms with Crippen molar-refractivity contribution >= 4 is 17.5 Å². The zero-order valence-electron chi connectivity index (χ0n) is 14.4. The van der Waals surface area contributed by atoms with Crippen LogP contribution in [-0.4, -0.2) is 20.7 Å². The molecule has 0 saturated heterocycles. The number of hydrogen-bond acceptors (Lipinski definition) is 6. The Morgan fingerprint density at radius 2 is 1.88 bits per heavy atom. The van der Waals surface area contributed by atoms with Crippen LogP contribution in [0.1, 0.15) is 34.1 Å². The number of nitrogens with zero attached hydrogens (tertiary/aromatic N) is 3. The maximum Gasteiger partial charge on any atom is 0.220 e. The Kier molecular flexibility index (Phi) is 4.63. The van der Waals surface area contributed by atoms with Crippen molar-refractivity contribution in [1.29, 1.82) is 0 Å². The van der Waals surface area contributed by atoms with Crippen LogP contribution >= 0.6 is 0 Å². The minimum absolute atomic E-state index is 0.0221. The molecular weight excluding hydrogens is 326 g/mol. The van der Waals surface area contributed by atoms with Crippen LogP contribution in [0.25, 0.3) is 11.3 Å². The van der Waals surface area contributed by atoms with Crippen molar-refractivity contribution in [3.63, 3.8) is 0 Å². The van der Waals surface area contributed by atoms with E-state index in [-0.39, 0.29) is 11.7 Å². The fraction of sp³-hybridized carbons (Fsp3) is 0.100. The zero-order chi connectivity index (χ0) is 18.7. The lowest BCUT2D eigenvalue weighted by Gasteiger charge is -2.09. The number of Topliss-reactive ketones (excluding diaryl/α,β-unsaturated/α-hetero) is 1. The van der Waals surface area contributed by atoms with Crippen LogP contribution in [0.15, 0.2) is 42.6 Å². The number of nitrogens with two attached hydrogens (primary N) is 2. The van der Waals surface area contributed by atoms with Crippen molar-refractivity contribution in [2.45, 2.75) is 13.8 Å². The van der Waals surface area contributed by atoms with Crippen molar-refractivity contribution < 1.29 is 4.79 Å². The van der Waals surface area contributed by atoms with Gasteiger partial charge in [0.05, 0.1) is 17.0 Å². The lowest BCUT2D eigenvalue weighted by Crippen LogP contribution is -2.03. The third kappa shape index (κ3) is 3.68. The van der Waals surface area contributed by atoms with Gasteiger partial charge in [-0.2, -0.15) is 0 Å². The summed E-state index contributed by atoms with van der Waals surface area (Å²) in [6, 6.07) is 10.7. The first-order valence-corrected chi connectivity index (χ1v) is 7.93. The molecule has 0 fully saturated rings. The van der Waals surface area contributed by atoms with Crippen LogP contribution in [0, 0.1) is 18.8 Å². The molecule has 0 aliphatic rings. The molecule has 6 nitrogen and oxygen atoms in total. The second-order valence-electron chi connectivity index (χ2n) is 5.75. The first-order valence-electron chi connectivity index (χ1n) is 7.93. The van der Waals surface area contributed by atoms with Gasteiger partial charge in [-0.1, -0.05) is 30.0 Å². The summed E-state index contributed by atoms with van der Waals surface area (Å²) in [5.74, 6) is 6.71. The van der Waals surface area contributed by atoms with E-state index >= 15 is 0 Å². The molecule has 0 aliphatic carbocycles. The number of hydrogen-bond donors (Lipinski definition) is 2. The maximum absolute atomic E-state index is 11.7. The quantitative estimate of drug-likeness (QED) is 0.547. The van der Waals surface area contributed by atoms with Crippen molar-refractivity contribution in [3.05, 3.63) is 65.0 Å². The van der Waals surface area contributed by atoms with Crippen molar-refractivity contribution in [2.24, 2.45) is 0 Å². The summed E-state index contributed by atoms with van der Waals surface area (Å²) in [4.78, 5) is 24.3. The molecule has 2 aromatic heterocycles. The fourth-order valence-corrected chi connectivity index (χ4v) is 2.45. The molecule has 0 radical (unpaired) electrons. The molecule has 128 valence electrons. The minimum Gasteiger partial charge on any atom is -0.384 e. The van der Waals surface area contributed by atoms with E-state index < -0.39 is 0 Å². The van der Waals surface area contributed by atoms with Crippen LogP contribution in [0.2, 0.25) is 0 Å². The van der Waals surface area contributed by atoms with Crippen molar-refractivity contribution in [1.82, 2.24) is 15.0 Å². The average molecular weight is 343 g/mol. The van der Waals surface area contributed by atoms with Crippen LogP contribution in [-0.2, 0) is 0 Å². The summed E-state index contributed by atoms with van der Waals surface area (Å²) in [6.07, 6.45) is 1.60. The van der Waals surface area contributed by atoms with E-state index in [1.807, 2.05) is 13.0 Å². The van der Waals surface area contributed by atoms with Crippen molar-refractivity contribution in [2.75, 3.05) is 11.5 Å². The summed E-state index contributed by atoms with van der Waals surface area (Å²) < 4.78 is 0. The Morgan fingerprint density at radius 3 is 2.58 bits per heavy atom. The van der Waals surface area contributed by atoms with E-state index in [1.165, 1.54) is 6.92 Å². The number of pyridine rings is 1. The Hall–Kier alpha value is -3.72. The third-order valence-electron chi connectivity index (χ3n) is 3.77. The van der Waals surface area contributed by atoms with Gasteiger partial charge in [0.15, 0.2) is 5.78 Å². The molecule has 4 N–H and O–H groups in total. The molecule has 26 heavy (non-hydrogen) atoms. The average Bonchev–Trinajstić information content (AvgIpc) is 2.62. The molecule has 0 atom stereocenters. The lowest BCUT2D eigenvalue weighted by molar-refractivity contribution is 0.101. The molecule has 1 aromatic carbocycles. The normalized spacial score (nSPS) is 10.1. The summed E-state index contributed by atoms with van der Waals surface area (Å²) in [5, 5.41) is 0. The second kappa shape index (κ2) is 7.03. The van der Waals surface area contributed by atoms with Gasteiger partial charge in [0.1, 0.15) is 5.82 Å². The lowest BCUT2D eigenvalue weighted by atomic mass is 10.0. The van der Waals surface area contributed by atoms with Crippen LogP contribution in [0.4, 0.5) is 11.8 Å². The number of anilines is 2. The smallest absolute Gasteiger partial charge is 0.220 e. The van der Waals surface area contributed by atoms with E-state index in [1.54, 1.807) is 36.5 Å². The zero-order valence-corrected chi connectivity index (χ0v) is 14.4. The number of rotatable bonds is 2. The standard InChI is InChI=1S/C20H17N5O/c1-12-17(8-6-14-7-9-18(21)23-11-14)19(25-20(22)24-12)16-5-3-4-15(10-16)13(2)26/h3-5,7,9-11H,1-2H3,(H2,21,23)(H2,22,24,25).